The zero-order chi connectivity index (χ0) is 20.2. The lowest BCUT2D eigenvalue weighted by Gasteiger charge is -2.09. The molecule has 6 nitrogen and oxygen atoms in total. The van der Waals surface area contributed by atoms with Gasteiger partial charge in [-0.05, 0) is 31.2 Å². The van der Waals surface area contributed by atoms with Gasteiger partial charge in [-0.2, -0.15) is 18.4 Å². The second-order valence-corrected chi connectivity index (χ2v) is 5.31. The molecule has 140 valence electrons. The van der Waals surface area contributed by atoms with E-state index in [4.69, 9.17) is 9.68 Å². The van der Waals surface area contributed by atoms with Gasteiger partial charge in [0.15, 0.2) is 0 Å². The number of hydrogen-bond acceptors (Lipinski definition) is 5. The van der Waals surface area contributed by atoms with Crippen molar-refractivity contribution < 1.29 is 31.9 Å². The molecule has 1 heterocycles. The number of nitriles is 1. The summed E-state index contributed by atoms with van der Waals surface area (Å²) >= 11 is 0. The zero-order valence-corrected chi connectivity index (χ0v) is 14.2. The van der Waals surface area contributed by atoms with Gasteiger partial charge in [-0.25, -0.2) is 4.79 Å². The van der Waals surface area contributed by atoms with E-state index < -0.39 is 29.2 Å². The second kappa shape index (κ2) is 7.78. The lowest BCUT2D eigenvalue weighted by atomic mass is 10.1. The average molecular weight is 378 g/mol. The molecule has 0 saturated heterocycles. The minimum atomic E-state index is -4.56. The molecule has 0 saturated carbocycles. The Hall–Kier alpha value is -3.54. The number of methoxy groups -OCH3 is 1. The number of alkyl halides is 3. The fourth-order valence-electron chi connectivity index (χ4n) is 2.15. The summed E-state index contributed by atoms with van der Waals surface area (Å²) in [7, 11) is 1.19. The summed E-state index contributed by atoms with van der Waals surface area (Å²) in [6.07, 6.45) is -3.49. The van der Waals surface area contributed by atoms with Crippen LogP contribution in [0.1, 0.15) is 27.4 Å². The molecule has 1 aromatic carbocycles. The van der Waals surface area contributed by atoms with Crippen molar-refractivity contribution in [1.82, 2.24) is 0 Å². The topological polar surface area (TPSA) is 92.3 Å². The van der Waals surface area contributed by atoms with E-state index in [1.807, 2.05) is 0 Å². The Kier molecular flexibility index (Phi) is 5.70. The molecule has 0 unspecified atom stereocenters. The first-order valence-corrected chi connectivity index (χ1v) is 7.45. The number of nitrogens with one attached hydrogen (secondary N) is 1. The van der Waals surface area contributed by atoms with Crippen molar-refractivity contribution in [2.45, 2.75) is 13.1 Å². The summed E-state index contributed by atoms with van der Waals surface area (Å²) in [4.78, 5) is 23.7. The number of aryl methyl sites for hydroxylation is 1. The average Bonchev–Trinajstić information content (AvgIpc) is 2.98. The number of nitrogens with zero attached hydrogens (tertiary/aromatic N) is 1. The van der Waals surface area contributed by atoms with E-state index in [2.05, 4.69) is 10.1 Å². The van der Waals surface area contributed by atoms with Crippen molar-refractivity contribution in [2.75, 3.05) is 12.4 Å². The molecule has 0 aliphatic heterocycles. The minimum Gasteiger partial charge on any atom is -0.465 e. The molecular weight excluding hydrogens is 365 g/mol. The number of hydrogen-bond donors (Lipinski definition) is 1. The van der Waals surface area contributed by atoms with Crippen molar-refractivity contribution in [3.8, 4) is 6.07 Å². The van der Waals surface area contributed by atoms with Crippen LogP contribution in [-0.2, 0) is 15.7 Å². The monoisotopic (exact) mass is 378 g/mol. The van der Waals surface area contributed by atoms with Crippen LogP contribution in [0.5, 0.6) is 0 Å². The zero-order valence-electron chi connectivity index (χ0n) is 14.2. The van der Waals surface area contributed by atoms with Crippen LogP contribution in [0, 0.1) is 18.3 Å². The predicted octanol–water partition coefficient (Wildman–Crippen LogP) is 3.94. The first kappa shape index (κ1) is 19.8. The summed E-state index contributed by atoms with van der Waals surface area (Å²) in [5.41, 5.74) is -1.36. The highest BCUT2D eigenvalue weighted by molar-refractivity contribution is 6.09. The van der Waals surface area contributed by atoms with Gasteiger partial charge in [-0.1, -0.05) is 6.07 Å². The molecule has 0 bridgehead atoms. The van der Waals surface area contributed by atoms with Crippen molar-refractivity contribution >= 4 is 23.6 Å². The Morgan fingerprint density at radius 2 is 2.00 bits per heavy atom. The summed E-state index contributed by atoms with van der Waals surface area (Å²) in [6, 6.07) is 6.92. The van der Waals surface area contributed by atoms with Gasteiger partial charge in [0, 0.05) is 11.8 Å². The molecule has 9 heteroatoms. The first-order valence-electron chi connectivity index (χ1n) is 7.45. The number of furan rings is 1. The van der Waals surface area contributed by atoms with E-state index in [9.17, 15) is 22.8 Å². The number of carbonyl (C=O) groups excluding carboxylic acids is 2. The number of halogens is 3. The van der Waals surface area contributed by atoms with Crippen molar-refractivity contribution in [2.24, 2.45) is 0 Å². The van der Waals surface area contributed by atoms with Crippen molar-refractivity contribution in [3.05, 3.63) is 58.6 Å². The van der Waals surface area contributed by atoms with Crippen LogP contribution >= 0.6 is 0 Å². The Morgan fingerprint density at radius 1 is 1.30 bits per heavy atom. The maximum atomic E-state index is 12.7. The summed E-state index contributed by atoms with van der Waals surface area (Å²) in [6.45, 7) is 1.50. The van der Waals surface area contributed by atoms with Crippen molar-refractivity contribution in [3.63, 3.8) is 0 Å². The quantitative estimate of drug-likeness (QED) is 0.494. The normalized spacial score (nSPS) is 11.6. The van der Waals surface area contributed by atoms with Crippen LogP contribution in [-0.4, -0.2) is 19.0 Å². The van der Waals surface area contributed by atoms with E-state index in [1.54, 1.807) is 6.07 Å². The predicted molar refractivity (Wildman–Crippen MR) is 88.4 cm³/mol. The van der Waals surface area contributed by atoms with Gasteiger partial charge < -0.3 is 14.5 Å². The third kappa shape index (κ3) is 4.76. The van der Waals surface area contributed by atoms with E-state index in [0.29, 0.717) is 0 Å². The van der Waals surface area contributed by atoms with Crippen LogP contribution < -0.4 is 5.32 Å². The number of anilines is 1. The molecule has 0 fully saturated rings. The van der Waals surface area contributed by atoms with Gasteiger partial charge in [-0.3, -0.25) is 4.79 Å². The second-order valence-electron chi connectivity index (χ2n) is 5.31. The number of carbonyl (C=O) groups is 2. The number of esters is 1. The fraction of sp³-hybridized carbons (Fsp3) is 0.167. The summed E-state index contributed by atoms with van der Waals surface area (Å²) in [5, 5.41) is 11.4. The Labute approximate surface area is 151 Å². The Balaban J connectivity index is 2.25. The highest BCUT2D eigenvalue weighted by Crippen LogP contribution is 2.30. The molecule has 1 aromatic heterocycles. The summed E-state index contributed by atoms with van der Waals surface area (Å²) < 4.78 is 48.0. The first-order chi connectivity index (χ1) is 12.7. The van der Waals surface area contributed by atoms with E-state index in [-0.39, 0.29) is 22.8 Å². The van der Waals surface area contributed by atoms with Crippen LogP contribution in [0.25, 0.3) is 6.08 Å². The Morgan fingerprint density at radius 3 is 2.59 bits per heavy atom. The SMILES string of the molecule is COC(=O)c1cc(/C=C(\C#N)C(=O)Nc2cccc(C(F)(F)F)c2)oc1C. The minimum absolute atomic E-state index is 0.0450. The van der Waals surface area contributed by atoms with Gasteiger partial charge in [0.05, 0.1) is 12.7 Å². The van der Waals surface area contributed by atoms with Gasteiger partial charge in [-0.15, -0.1) is 0 Å². The van der Waals surface area contributed by atoms with Gasteiger partial charge in [0.2, 0.25) is 0 Å². The van der Waals surface area contributed by atoms with Gasteiger partial charge in [0.1, 0.15) is 28.7 Å². The molecule has 1 N–H and O–H groups in total. The van der Waals surface area contributed by atoms with Gasteiger partial charge >= 0.3 is 12.1 Å². The molecule has 0 aliphatic carbocycles. The highest BCUT2D eigenvalue weighted by Gasteiger charge is 2.30. The lowest BCUT2D eigenvalue weighted by Crippen LogP contribution is -2.14. The molecule has 2 rings (SSSR count). The smallest absolute Gasteiger partial charge is 0.416 e. The van der Waals surface area contributed by atoms with E-state index in [1.165, 1.54) is 26.2 Å². The van der Waals surface area contributed by atoms with Crippen LogP contribution in [0.15, 0.2) is 40.3 Å². The van der Waals surface area contributed by atoms with E-state index in [0.717, 1.165) is 24.3 Å². The molecular formula is C18H13F3N2O4. The van der Waals surface area contributed by atoms with Crippen LogP contribution in [0.2, 0.25) is 0 Å². The molecule has 2 aromatic rings. The lowest BCUT2D eigenvalue weighted by molar-refractivity contribution is -0.137. The maximum absolute atomic E-state index is 12.7. The molecule has 0 aliphatic rings. The van der Waals surface area contributed by atoms with Crippen LogP contribution in [0.3, 0.4) is 0 Å². The molecule has 0 spiro atoms. The standard InChI is InChI=1S/C18H13F3N2O4/c1-10-15(17(25)26-2)8-14(27-10)6-11(9-22)16(24)23-13-5-3-4-12(7-13)18(19,20)21/h3-8H,1-2H3,(H,23,24)/b11-6+. The summed E-state index contributed by atoms with van der Waals surface area (Å²) in [5.74, 6) is -1.30. The molecule has 0 atom stereocenters. The third-order valence-corrected chi connectivity index (χ3v) is 3.44. The molecule has 27 heavy (non-hydrogen) atoms. The number of amides is 1. The van der Waals surface area contributed by atoms with E-state index >= 15 is 0 Å². The largest absolute Gasteiger partial charge is 0.465 e. The molecule has 0 radical (unpaired) electrons. The number of benzene rings is 1. The highest BCUT2D eigenvalue weighted by atomic mass is 19.4. The van der Waals surface area contributed by atoms with Gasteiger partial charge in [0.25, 0.3) is 5.91 Å². The Bertz CT molecular complexity index is 952. The maximum Gasteiger partial charge on any atom is 0.416 e. The number of ether oxygens (including phenoxy) is 1. The third-order valence-electron chi connectivity index (χ3n) is 3.44. The molecule has 1 amide bonds. The van der Waals surface area contributed by atoms with Crippen molar-refractivity contribution in [1.29, 1.82) is 5.26 Å². The number of rotatable bonds is 4. The fourth-order valence-corrected chi connectivity index (χ4v) is 2.15. The van der Waals surface area contributed by atoms with Crippen LogP contribution in [0.4, 0.5) is 18.9 Å².